The summed E-state index contributed by atoms with van der Waals surface area (Å²) in [7, 11) is 0. The van der Waals surface area contributed by atoms with Gasteiger partial charge in [0.1, 0.15) is 0 Å². The Morgan fingerprint density at radius 2 is 1.17 bits per heavy atom. The van der Waals surface area contributed by atoms with Gasteiger partial charge in [0.25, 0.3) is 0 Å². The molecule has 0 radical (unpaired) electrons. The maximum atomic E-state index is 3.24. The third kappa shape index (κ3) is 3.06. The van der Waals surface area contributed by atoms with Crippen molar-refractivity contribution in [2.75, 3.05) is 0 Å². The van der Waals surface area contributed by atoms with E-state index in [1.165, 1.54) is 50.1 Å². The largest absolute Gasteiger partial charge is 0.101 e. The molecule has 0 bridgehead atoms. The quantitative estimate of drug-likeness (QED) is 0.280. The van der Waals surface area contributed by atoms with Crippen LogP contribution in [0.1, 0.15) is 40.3 Å². The van der Waals surface area contributed by atoms with Crippen LogP contribution in [0, 0.1) is 18.8 Å². The van der Waals surface area contributed by atoms with Crippen molar-refractivity contribution in [3.05, 3.63) is 130 Å². The zero-order valence-electron chi connectivity index (χ0n) is 17.2. The first kappa shape index (κ1) is 18.2. The van der Waals surface area contributed by atoms with Crippen molar-refractivity contribution in [1.82, 2.24) is 0 Å². The Hall–Kier alpha value is -3.82. The van der Waals surface area contributed by atoms with Crippen LogP contribution in [0.5, 0.6) is 0 Å². The van der Waals surface area contributed by atoms with Crippen LogP contribution in [0.15, 0.2) is 97.1 Å². The summed E-state index contributed by atoms with van der Waals surface area (Å²) in [5.74, 6) is 6.29. The van der Waals surface area contributed by atoms with Gasteiger partial charge in [0.05, 0.1) is 0 Å². The molecule has 0 heterocycles. The van der Waals surface area contributed by atoms with E-state index < -0.39 is 0 Å². The molecule has 0 saturated carbocycles. The summed E-state index contributed by atoms with van der Waals surface area (Å²) in [4.78, 5) is 0. The average molecular weight is 383 g/mol. The van der Waals surface area contributed by atoms with Gasteiger partial charge in [0.2, 0.25) is 0 Å². The highest BCUT2D eigenvalue weighted by Crippen LogP contribution is 2.49. The Kier molecular flexibility index (Phi) is 4.58. The molecular formula is C30H22. The minimum atomic E-state index is 1.05. The van der Waals surface area contributed by atoms with E-state index in [0.29, 0.717) is 0 Å². The molecule has 0 fully saturated rings. The molecule has 4 aromatic carbocycles. The predicted molar refractivity (Wildman–Crippen MR) is 127 cm³/mol. The summed E-state index contributed by atoms with van der Waals surface area (Å²) >= 11 is 0. The average Bonchev–Trinajstić information content (AvgIpc) is 3.08. The monoisotopic (exact) mass is 382 g/mol. The molecule has 0 nitrogen and oxygen atoms in total. The van der Waals surface area contributed by atoms with Gasteiger partial charge in [-0.05, 0) is 70.5 Å². The lowest BCUT2D eigenvalue weighted by molar-refractivity contribution is 1.46. The Morgan fingerprint density at radius 1 is 0.600 bits per heavy atom. The highest BCUT2D eigenvalue weighted by molar-refractivity contribution is 6.13. The summed E-state index contributed by atoms with van der Waals surface area (Å²) in [6, 6.07) is 34.8. The van der Waals surface area contributed by atoms with Crippen molar-refractivity contribution in [2.45, 2.75) is 13.8 Å². The molecule has 1 aliphatic rings. The zero-order chi connectivity index (χ0) is 20.5. The van der Waals surface area contributed by atoms with Crippen LogP contribution in [0.25, 0.3) is 22.3 Å². The maximum absolute atomic E-state index is 3.24. The second kappa shape index (κ2) is 7.54. The topological polar surface area (TPSA) is 0 Å². The maximum Gasteiger partial charge on any atom is 0.0251 e. The zero-order valence-corrected chi connectivity index (χ0v) is 17.2. The van der Waals surface area contributed by atoms with Crippen molar-refractivity contribution < 1.29 is 0 Å². The van der Waals surface area contributed by atoms with Gasteiger partial charge in [-0.2, -0.15) is 0 Å². The van der Waals surface area contributed by atoms with Gasteiger partial charge in [-0.15, -0.1) is 5.92 Å². The summed E-state index contributed by atoms with van der Waals surface area (Å²) < 4.78 is 0. The SMILES string of the molecule is CC#Cc1ccc2c(c1)C(=C(c1ccccc1)c1ccccc1)c1cc(C)ccc1-2. The fourth-order valence-corrected chi connectivity index (χ4v) is 4.39. The fourth-order valence-electron chi connectivity index (χ4n) is 4.39. The lowest BCUT2D eigenvalue weighted by Gasteiger charge is -2.15. The summed E-state index contributed by atoms with van der Waals surface area (Å²) in [5, 5.41) is 0. The van der Waals surface area contributed by atoms with Crippen LogP contribution in [0.2, 0.25) is 0 Å². The van der Waals surface area contributed by atoms with Crippen LogP contribution in [-0.4, -0.2) is 0 Å². The first-order chi connectivity index (χ1) is 14.8. The van der Waals surface area contributed by atoms with E-state index in [9.17, 15) is 0 Å². The van der Waals surface area contributed by atoms with E-state index in [1.807, 2.05) is 6.92 Å². The smallest absolute Gasteiger partial charge is 0.0251 e. The molecule has 1 aliphatic carbocycles. The van der Waals surface area contributed by atoms with Crippen molar-refractivity contribution in [1.29, 1.82) is 0 Å². The van der Waals surface area contributed by atoms with Gasteiger partial charge in [0.15, 0.2) is 0 Å². The van der Waals surface area contributed by atoms with Gasteiger partial charge >= 0.3 is 0 Å². The molecular weight excluding hydrogens is 360 g/mol. The molecule has 0 saturated heterocycles. The number of aryl methyl sites for hydroxylation is 1. The Balaban J connectivity index is 1.93. The molecule has 4 aromatic rings. The molecule has 0 aliphatic heterocycles. The number of hydrogen-bond acceptors (Lipinski definition) is 0. The molecule has 5 rings (SSSR count). The second-order valence-corrected chi connectivity index (χ2v) is 7.67. The van der Waals surface area contributed by atoms with Gasteiger partial charge in [-0.3, -0.25) is 0 Å². The second-order valence-electron chi connectivity index (χ2n) is 7.67. The highest BCUT2D eigenvalue weighted by atomic mass is 14.3. The van der Waals surface area contributed by atoms with E-state index >= 15 is 0 Å². The van der Waals surface area contributed by atoms with E-state index in [2.05, 4.69) is 116 Å². The third-order valence-electron chi connectivity index (χ3n) is 5.67. The summed E-state index contributed by atoms with van der Waals surface area (Å²) in [5.41, 5.74) is 12.5. The molecule has 142 valence electrons. The molecule has 0 heteroatoms. The van der Waals surface area contributed by atoms with E-state index in [-0.39, 0.29) is 0 Å². The molecule has 0 spiro atoms. The molecule has 0 amide bonds. The highest BCUT2D eigenvalue weighted by Gasteiger charge is 2.27. The molecule has 0 aromatic heterocycles. The van der Waals surface area contributed by atoms with Gasteiger partial charge in [-0.25, -0.2) is 0 Å². The molecule has 30 heavy (non-hydrogen) atoms. The van der Waals surface area contributed by atoms with E-state index in [0.717, 1.165) is 5.56 Å². The normalized spacial score (nSPS) is 11.3. The van der Waals surface area contributed by atoms with Crippen LogP contribution in [0.3, 0.4) is 0 Å². The van der Waals surface area contributed by atoms with Crippen molar-refractivity contribution in [3.8, 4) is 23.0 Å². The Bertz CT molecular complexity index is 1290. The lowest BCUT2D eigenvalue weighted by atomic mass is 9.88. The molecule has 0 atom stereocenters. The van der Waals surface area contributed by atoms with Gasteiger partial charge in [0, 0.05) is 5.56 Å². The minimum Gasteiger partial charge on any atom is -0.101 e. The first-order valence-electron chi connectivity index (χ1n) is 10.3. The number of hydrogen-bond donors (Lipinski definition) is 0. The molecule has 0 N–H and O–H groups in total. The lowest BCUT2D eigenvalue weighted by Crippen LogP contribution is -1.95. The summed E-state index contributed by atoms with van der Waals surface area (Å²) in [6.07, 6.45) is 0. The van der Waals surface area contributed by atoms with Crippen molar-refractivity contribution in [2.24, 2.45) is 0 Å². The van der Waals surface area contributed by atoms with Crippen LogP contribution in [0.4, 0.5) is 0 Å². The number of rotatable bonds is 2. The minimum absolute atomic E-state index is 1.05. The van der Waals surface area contributed by atoms with E-state index in [4.69, 9.17) is 0 Å². The third-order valence-corrected chi connectivity index (χ3v) is 5.67. The van der Waals surface area contributed by atoms with Crippen LogP contribution in [-0.2, 0) is 0 Å². The standard InChI is InChI=1S/C30H22/c1-3-10-22-16-18-26-25-17-15-21(2)19-27(25)30(28(26)20-22)29(23-11-6-4-7-12-23)24-13-8-5-9-14-24/h4-9,11-20H,1-2H3. The molecule has 0 unspecified atom stereocenters. The van der Waals surface area contributed by atoms with Crippen molar-refractivity contribution >= 4 is 11.1 Å². The van der Waals surface area contributed by atoms with Crippen LogP contribution >= 0.6 is 0 Å². The van der Waals surface area contributed by atoms with Crippen molar-refractivity contribution in [3.63, 3.8) is 0 Å². The van der Waals surface area contributed by atoms with Gasteiger partial charge < -0.3 is 0 Å². The Morgan fingerprint density at radius 3 is 1.77 bits per heavy atom. The predicted octanol–water partition coefficient (Wildman–Crippen LogP) is 7.35. The summed E-state index contributed by atoms with van der Waals surface area (Å²) in [6.45, 7) is 4.06. The van der Waals surface area contributed by atoms with E-state index in [1.54, 1.807) is 0 Å². The van der Waals surface area contributed by atoms with Gasteiger partial charge in [-0.1, -0.05) is 96.4 Å². The first-order valence-corrected chi connectivity index (χ1v) is 10.3. The fraction of sp³-hybridized carbons (Fsp3) is 0.0667. The van der Waals surface area contributed by atoms with Crippen LogP contribution < -0.4 is 0 Å². The Labute approximate surface area is 178 Å². The number of fused-ring (bicyclic) bond motifs is 3. The number of benzene rings is 4.